The maximum absolute atomic E-state index is 12.3. The Bertz CT molecular complexity index is 505. The van der Waals surface area contributed by atoms with E-state index in [1.807, 2.05) is 26.0 Å². The minimum Gasteiger partial charge on any atom is -0.458 e. The number of aryl methyl sites for hydroxylation is 2. The second-order valence-corrected chi connectivity index (χ2v) is 6.49. The molecule has 0 aromatic heterocycles. The van der Waals surface area contributed by atoms with Crippen LogP contribution in [0.15, 0.2) is 18.2 Å². The number of carbonyl (C=O) groups is 1. The van der Waals surface area contributed by atoms with Gasteiger partial charge in [-0.15, -0.1) is 0 Å². The van der Waals surface area contributed by atoms with Crippen molar-refractivity contribution in [1.82, 2.24) is 4.90 Å². The van der Waals surface area contributed by atoms with E-state index in [2.05, 4.69) is 18.0 Å². The first-order valence-electron chi connectivity index (χ1n) is 7.52. The first kappa shape index (κ1) is 13.6. The van der Waals surface area contributed by atoms with Crippen LogP contribution in [0.2, 0.25) is 0 Å². The number of hydrogen-bond acceptors (Lipinski definition) is 3. The van der Waals surface area contributed by atoms with Gasteiger partial charge < -0.3 is 9.64 Å². The molecule has 2 saturated heterocycles. The lowest BCUT2D eigenvalue weighted by Crippen LogP contribution is -2.53. The fourth-order valence-corrected chi connectivity index (χ4v) is 3.74. The lowest BCUT2D eigenvalue weighted by molar-refractivity contribution is -0.0558. The Labute approximate surface area is 120 Å². The van der Waals surface area contributed by atoms with E-state index in [-0.39, 0.29) is 12.1 Å². The molecule has 2 bridgehead atoms. The Kier molecular flexibility index (Phi) is 3.55. The molecule has 3 atom stereocenters. The van der Waals surface area contributed by atoms with Crippen molar-refractivity contribution in [2.24, 2.45) is 5.92 Å². The minimum atomic E-state index is -0.156. The summed E-state index contributed by atoms with van der Waals surface area (Å²) in [6.07, 6.45) is 3.55. The van der Waals surface area contributed by atoms with E-state index >= 15 is 0 Å². The van der Waals surface area contributed by atoms with Gasteiger partial charge in [-0.05, 0) is 45.9 Å². The number of piperidine rings is 2. The zero-order valence-electron chi connectivity index (χ0n) is 12.6. The van der Waals surface area contributed by atoms with Gasteiger partial charge in [-0.1, -0.05) is 17.2 Å². The van der Waals surface area contributed by atoms with Crippen LogP contribution >= 0.6 is 0 Å². The van der Waals surface area contributed by atoms with E-state index in [1.54, 1.807) is 0 Å². The van der Waals surface area contributed by atoms with Gasteiger partial charge in [0.25, 0.3) is 0 Å². The molecule has 0 unspecified atom stereocenters. The molecule has 3 nitrogen and oxygen atoms in total. The van der Waals surface area contributed by atoms with Crippen molar-refractivity contribution >= 4 is 5.97 Å². The molecule has 4 rings (SSSR count). The van der Waals surface area contributed by atoms with E-state index in [0.717, 1.165) is 24.1 Å². The van der Waals surface area contributed by atoms with E-state index in [4.69, 9.17) is 4.74 Å². The van der Waals surface area contributed by atoms with Gasteiger partial charge in [0.05, 0.1) is 5.56 Å². The van der Waals surface area contributed by atoms with Gasteiger partial charge in [0.2, 0.25) is 0 Å². The third kappa shape index (κ3) is 2.59. The predicted octanol–water partition coefficient (Wildman–Crippen LogP) is 2.94. The van der Waals surface area contributed by atoms with Crippen LogP contribution in [-0.4, -0.2) is 36.6 Å². The number of esters is 1. The number of nitrogens with zero attached hydrogens (tertiary/aromatic N) is 1. The van der Waals surface area contributed by atoms with Crippen molar-refractivity contribution in [2.45, 2.75) is 45.3 Å². The number of ether oxygens (including phenoxy) is 1. The fourth-order valence-electron chi connectivity index (χ4n) is 3.74. The predicted molar refractivity (Wildman–Crippen MR) is 78.9 cm³/mol. The Morgan fingerprint density at radius 2 is 1.90 bits per heavy atom. The first-order valence-corrected chi connectivity index (χ1v) is 7.52. The van der Waals surface area contributed by atoms with E-state index in [1.165, 1.54) is 12.8 Å². The van der Waals surface area contributed by atoms with Crippen LogP contribution in [0.1, 0.15) is 40.7 Å². The summed E-state index contributed by atoms with van der Waals surface area (Å²) in [5, 5.41) is 0. The largest absolute Gasteiger partial charge is 0.458 e. The summed E-state index contributed by atoms with van der Waals surface area (Å²) in [6.45, 7) is 5.10. The minimum absolute atomic E-state index is 0.110. The summed E-state index contributed by atoms with van der Waals surface area (Å²) >= 11 is 0. The van der Waals surface area contributed by atoms with Crippen LogP contribution < -0.4 is 0 Å². The molecule has 20 heavy (non-hydrogen) atoms. The molecule has 1 aromatic carbocycles. The molecule has 2 heterocycles. The SMILES string of the molecule is Cc1cc(C)cc(C(=O)O[C@H]2C[C@@H]3CC[C@H]2CN3C)c1. The molecule has 1 aliphatic carbocycles. The van der Waals surface area contributed by atoms with Gasteiger partial charge in [0.15, 0.2) is 0 Å². The molecule has 3 fully saturated rings. The number of fused-ring (bicyclic) bond motifs is 3. The highest BCUT2D eigenvalue weighted by atomic mass is 16.5. The Morgan fingerprint density at radius 1 is 1.20 bits per heavy atom. The van der Waals surface area contributed by atoms with Crippen molar-refractivity contribution in [3.05, 3.63) is 34.9 Å². The number of carbonyl (C=O) groups excluding carboxylic acids is 1. The summed E-state index contributed by atoms with van der Waals surface area (Å²) in [4.78, 5) is 14.8. The molecular weight excluding hydrogens is 250 g/mol. The van der Waals surface area contributed by atoms with Gasteiger partial charge in [0.1, 0.15) is 6.10 Å². The molecule has 0 N–H and O–H groups in total. The van der Waals surface area contributed by atoms with Crippen LogP contribution in [-0.2, 0) is 4.74 Å². The summed E-state index contributed by atoms with van der Waals surface area (Å²) in [6, 6.07) is 6.51. The third-order valence-corrected chi connectivity index (χ3v) is 4.76. The van der Waals surface area contributed by atoms with Crippen molar-refractivity contribution in [3.8, 4) is 0 Å². The monoisotopic (exact) mass is 273 g/mol. The number of benzene rings is 1. The van der Waals surface area contributed by atoms with Gasteiger partial charge in [-0.2, -0.15) is 0 Å². The zero-order chi connectivity index (χ0) is 14.3. The molecule has 108 valence electrons. The van der Waals surface area contributed by atoms with Crippen molar-refractivity contribution < 1.29 is 9.53 Å². The zero-order valence-corrected chi connectivity index (χ0v) is 12.6. The van der Waals surface area contributed by atoms with Crippen molar-refractivity contribution in [1.29, 1.82) is 0 Å². The number of hydrogen-bond donors (Lipinski definition) is 0. The Hall–Kier alpha value is -1.35. The average Bonchev–Trinajstić information content (AvgIpc) is 2.39. The molecule has 0 radical (unpaired) electrons. The standard InChI is InChI=1S/C17H23NO2/c1-11-6-12(2)8-14(7-11)17(19)20-16-9-15-5-4-13(16)10-18(15)3/h6-8,13,15-16H,4-5,9-10H2,1-3H3/t13-,15-,16-/m0/s1. The first-order chi connectivity index (χ1) is 9.52. The van der Waals surface area contributed by atoms with Crippen LogP contribution in [0.4, 0.5) is 0 Å². The second-order valence-electron chi connectivity index (χ2n) is 6.49. The van der Waals surface area contributed by atoms with Gasteiger partial charge in [-0.3, -0.25) is 0 Å². The Balaban J connectivity index is 1.70. The van der Waals surface area contributed by atoms with E-state index in [0.29, 0.717) is 17.5 Å². The maximum Gasteiger partial charge on any atom is 0.338 e. The molecular formula is C17H23NO2. The fraction of sp³-hybridized carbons (Fsp3) is 0.588. The molecule has 0 amide bonds. The summed E-state index contributed by atoms with van der Waals surface area (Å²) in [7, 11) is 2.18. The van der Waals surface area contributed by atoms with Crippen LogP contribution in [0.25, 0.3) is 0 Å². The average molecular weight is 273 g/mol. The summed E-state index contributed by atoms with van der Waals surface area (Å²) in [5.41, 5.74) is 2.92. The number of rotatable bonds is 2. The highest BCUT2D eigenvalue weighted by Crippen LogP contribution is 2.36. The molecule has 0 spiro atoms. The molecule has 3 aliphatic rings. The van der Waals surface area contributed by atoms with E-state index in [9.17, 15) is 4.79 Å². The highest BCUT2D eigenvalue weighted by Gasteiger charge is 2.40. The maximum atomic E-state index is 12.3. The van der Waals surface area contributed by atoms with Crippen molar-refractivity contribution in [2.75, 3.05) is 13.6 Å². The lowest BCUT2D eigenvalue weighted by atomic mass is 9.78. The van der Waals surface area contributed by atoms with Crippen LogP contribution in [0, 0.1) is 19.8 Å². The highest BCUT2D eigenvalue weighted by molar-refractivity contribution is 5.90. The topological polar surface area (TPSA) is 29.5 Å². The molecule has 2 aliphatic heterocycles. The Morgan fingerprint density at radius 3 is 2.45 bits per heavy atom. The van der Waals surface area contributed by atoms with Crippen molar-refractivity contribution in [3.63, 3.8) is 0 Å². The normalized spacial score (nSPS) is 29.4. The third-order valence-electron chi connectivity index (χ3n) is 4.76. The van der Waals surface area contributed by atoms with Crippen LogP contribution in [0.3, 0.4) is 0 Å². The lowest BCUT2D eigenvalue weighted by Gasteiger charge is -2.47. The van der Waals surface area contributed by atoms with Crippen LogP contribution in [0.5, 0.6) is 0 Å². The second kappa shape index (κ2) is 5.21. The molecule has 1 saturated carbocycles. The molecule has 3 heteroatoms. The van der Waals surface area contributed by atoms with E-state index < -0.39 is 0 Å². The van der Waals surface area contributed by atoms with Gasteiger partial charge in [-0.25, -0.2) is 4.79 Å². The van der Waals surface area contributed by atoms with Gasteiger partial charge in [0, 0.05) is 24.9 Å². The smallest absolute Gasteiger partial charge is 0.338 e. The quantitative estimate of drug-likeness (QED) is 0.776. The van der Waals surface area contributed by atoms with Gasteiger partial charge >= 0.3 is 5.97 Å². The summed E-state index contributed by atoms with van der Waals surface area (Å²) in [5.74, 6) is 0.358. The summed E-state index contributed by atoms with van der Waals surface area (Å²) < 4.78 is 5.80. The molecule has 1 aromatic rings.